The van der Waals surface area contributed by atoms with Gasteiger partial charge in [-0.3, -0.25) is 0 Å². The summed E-state index contributed by atoms with van der Waals surface area (Å²) in [7, 11) is -3.38. The van der Waals surface area contributed by atoms with Crippen molar-refractivity contribution in [1.29, 1.82) is 0 Å². The van der Waals surface area contributed by atoms with Crippen LogP contribution in [-0.4, -0.2) is 50.7 Å². The molecule has 2 aromatic rings. The van der Waals surface area contributed by atoms with E-state index in [1.807, 2.05) is 0 Å². The van der Waals surface area contributed by atoms with E-state index in [2.05, 4.69) is 0 Å². The number of hydrogen-bond donors (Lipinski definition) is 0. The van der Waals surface area contributed by atoms with Crippen LogP contribution in [0.3, 0.4) is 0 Å². The number of carbonyl (C=O) groups is 1. The number of halogens is 2. The van der Waals surface area contributed by atoms with E-state index >= 15 is 0 Å². The Morgan fingerprint density at radius 1 is 1.13 bits per heavy atom. The number of carbonyl (C=O) groups excluding carboxylic acids is 1. The molecule has 0 saturated carbocycles. The number of sulfonamides is 1. The van der Waals surface area contributed by atoms with Crippen molar-refractivity contribution in [2.24, 2.45) is 0 Å². The lowest BCUT2D eigenvalue weighted by Crippen LogP contribution is -2.34. The third-order valence-electron chi connectivity index (χ3n) is 3.98. The van der Waals surface area contributed by atoms with Gasteiger partial charge in [-0.1, -0.05) is 23.2 Å². The summed E-state index contributed by atoms with van der Waals surface area (Å²) in [6.45, 7) is 4.33. The first-order chi connectivity index (χ1) is 14.0. The molecule has 0 aliphatic heterocycles. The summed E-state index contributed by atoms with van der Waals surface area (Å²) in [5, 5.41) is 2.66. The summed E-state index contributed by atoms with van der Waals surface area (Å²) in [5.74, 6) is 0.142. The first-order valence-corrected chi connectivity index (χ1v) is 12.9. The van der Waals surface area contributed by atoms with Crippen LogP contribution in [0.4, 0.5) is 0 Å². The van der Waals surface area contributed by atoms with Gasteiger partial charge in [0.15, 0.2) is 0 Å². The van der Waals surface area contributed by atoms with Gasteiger partial charge in [0.05, 0.1) is 17.9 Å². The predicted molar refractivity (Wildman–Crippen MR) is 122 cm³/mol. The lowest BCUT2D eigenvalue weighted by Gasteiger charge is -2.20. The quantitative estimate of drug-likeness (QED) is 0.416. The minimum absolute atomic E-state index is 0.172. The Labute approximate surface area is 191 Å². The molecular weight excluding hydrogens is 469 g/mol. The zero-order valence-electron chi connectivity index (χ0n) is 17.1. The second kappa shape index (κ2) is 11.3. The summed E-state index contributed by atoms with van der Waals surface area (Å²) in [6.07, 6.45) is 2.29. The average Bonchev–Trinajstić information content (AvgIpc) is 3.07. The molecule has 0 aliphatic rings. The van der Waals surface area contributed by atoms with Crippen LogP contribution >= 0.6 is 34.5 Å². The second-order valence-corrected chi connectivity index (χ2v) is 10.8. The monoisotopic (exact) mass is 493 g/mol. The Balaban J connectivity index is 1.85. The van der Waals surface area contributed by atoms with Gasteiger partial charge >= 0.3 is 5.97 Å². The highest BCUT2D eigenvalue weighted by Gasteiger charge is 2.17. The Bertz CT molecular complexity index is 940. The number of ether oxygens (including phenoxy) is 2. The van der Waals surface area contributed by atoms with E-state index in [1.165, 1.54) is 21.9 Å². The average molecular weight is 494 g/mol. The highest BCUT2D eigenvalue weighted by atomic mass is 35.5. The van der Waals surface area contributed by atoms with E-state index in [0.717, 1.165) is 4.88 Å². The van der Waals surface area contributed by atoms with E-state index in [1.54, 1.807) is 43.5 Å². The van der Waals surface area contributed by atoms with E-state index in [0.29, 0.717) is 40.7 Å². The fraction of sp³-hybridized carbons (Fsp3) is 0.450. The molecule has 0 fully saturated rings. The van der Waals surface area contributed by atoms with Crippen LogP contribution in [0, 0.1) is 0 Å². The van der Waals surface area contributed by atoms with Crippen LogP contribution in [0.1, 0.15) is 35.5 Å². The first kappa shape index (κ1) is 24.9. The van der Waals surface area contributed by atoms with Crippen molar-refractivity contribution >= 4 is 50.5 Å². The van der Waals surface area contributed by atoms with Crippen LogP contribution in [0.15, 0.2) is 29.6 Å². The highest BCUT2D eigenvalue weighted by Crippen LogP contribution is 2.24. The molecule has 0 bridgehead atoms. The Morgan fingerprint density at radius 2 is 1.80 bits per heavy atom. The Morgan fingerprint density at radius 3 is 2.40 bits per heavy atom. The van der Waals surface area contributed by atoms with Crippen molar-refractivity contribution in [3.05, 3.63) is 50.1 Å². The van der Waals surface area contributed by atoms with E-state index in [-0.39, 0.29) is 25.2 Å². The zero-order chi connectivity index (χ0) is 22.3. The fourth-order valence-electron chi connectivity index (χ4n) is 2.65. The van der Waals surface area contributed by atoms with Gasteiger partial charge < -0.3 is 9.47 Å². The summed E-state index contributed by atoms with van der Waals surface area (Å²) in [5.41, 5.74) is 0.525. The van der Waals surface area contributed by atoms with Gasteiger partial charge in [-0.05, 0) is 51.0 Å². The molecule has 0 N–H and O–H groups in total. The van der Waals surface area contributed by atoms with Crippen molar-refractivity contribution in [3.63, 3.8) is 0 Å². The standard InChI is InChI=1S/C20H25Cl2NO5S2/c1-14(2)28-20(24)15-9-19(29-13-15)5-4-6-23(30(3,25)26)7-8-27-18-11-16(21)10-17(22)12-18/h9-14H,4-8H2,1-3H3. The highest BCUT2D eigenvalue weighted by molar-refractivity contribution is 7.88. The molecule has 166 valence electrons. The maximum absolute atomic E-state index is 12.1. The maximum Gasteiger partial charge on any atom is 0.339 e. The summed E-state index contributed by atoms with van der Waals surface area (Å²) >= 11 is 13.3. The minimum atomic E-state index is -3.38. The van der Waals surface area contributed by atoms with Gasteiger partial charge in [-0.15, -0.1) is 11.3 Å². The van der Waals surface area contributed by atoms with Crippen molar-refractivity contribution in [2.45, 2.75) is 32.8 Å². The molecule has 0 atom stereocenters. The lowest BCUT2D eigenvalue weighted by molar-refractivity contribution is 0.0378. The van der Waals surface area contributed by atoms with Gasteiger partial charge in [-0.2, -0.15) is 4.31 Å². The number of esters is 1. The third kappa shape index (κ3) is 8.43. The van der Waals surface area contributed by atoms with Gasteiger partial charge in [0, 0.05) is 33.4 Å². The van der Waals surface area contributed by atoms with Gasteiger partial charge in [0.1, 0.15) is 12.4 Å². The Kier molecular flexibility index (Phi) is 9.43. The van der Waals surface area contributed by atoms with Crippen molar-refractivity contribution < 1.29 is 22.7 Å². The molecule has 0 saturated heterocycles. The van der Waals surface area contributed by atoms with Crippen LogP contribution < -0.4 is 4.74 Å². The smallest absolute Gasteiger partial charge is 0.339 e. The number of rotatable bonds is 11. The van der Waals surface area contributed by atoms with E-state index in [4.69, 9.17) is 32.7 Å². The molecule has 6 nitrogen and oxygen atoms in total. The summed E-state index contributed by atoms with van der Waals surface area (Å²) in [4.78, 5) is 12.9. The van der Waals surface area contributed by atoms with E-state index < -0.39 is 10.0 Å². The molecule has 0 amide bonds. The van der Waals surface area contributed by atoms with Crippen LogP contribution in [0.5, 0.6) is 5.75 Å². The number of thiophene rings is 1. The number of aryl methyl sites for hydroxylation is 1. The molecule has 0 radical (unpaired) electrons. The number of benzene rings is 1. The molecule has 2 rings (SSSR count). The number of hydrogen-bond acceptors (Lipinski definition) is 6. The molecule has 1 aromatic heterocycles. The van der Waals surface area contributed by atoms with Crippen LogP contribution in [-0.2, 0) is 21.2 Å². The Hall–Kier alpha value is -1.32. The minimum Gasteiger partial charge on any atom is -0.492 e. The van der Waals surface area contributed by atoms with Crippen molar-refractivity contribution in [2.75, 3.05) is 26.0 Å². The molecule has 30 heavy (non-hydrogen) atoms. The molecule has 0 unspecified atom stereocenters. The van der Waals surface area contributed by atoms with Crippen molar-refractivity contribution in [3.8, 4) is 5.75 Å². The SMILES string of the molecule is CC(C)OC(=O)c1csc(CCCN(CCOc2cc(Cl)cc(Cl)c2)S(C)(=O)=O)c1. The molecule has 1 heterocycles. The third-order valence-corrected chi connectivity index (χ3v) is 6.71. The summed E-state index contributed by atoms with van der Waals surface area (Å²) < 4.78 is 36.3. The van der Waals surface area contributed by atoms with Gasteiger partial charge in [0.25, 0.3) is 0 Å². The van der Waals surface area contributed by atoms with Crippen LogP contribution in [0.25, 0.3) is 0 Å². The van der Waals surface area contributed by atoms with Crippen LogP contribution in [0.2, 0.25) is 10.0 Å². The van der Waals surface area contributed by atoms with Gasteiger partial charge in [0.2, 0.25) is 10.0 Å². The topological polar surface area (TPSA) is 72.9 Å². The molecule has 1 aromatic carbocycles. The van der Waals surface area contributed by atoms with Crippen molar-refractivity contribution in [1.82, 2.24) is 4.31 Å². The molecule has 0 spiro atoms. The molecule has 10 heteroatoms. The van der Waals surface area contributed by atoms with Gasteiger partial charge in [-0.25, -0.2) is 13.2 Å². The van der Waals surface area contributed by atoms with E-state index in [9.17, 15) is 13.2 Å². The molecule has 0 aliphatic carbocycles. The molecular formula is C20H25Cl2NO5S2. The normalized spacial score (nSPS) is 11.8. The summed E-state index contributed by atoms with van der Waals surface area (Å²) in [6, 6.07) is 6.64. The zero-order valence-corrected chi connectivity index (χ0v) is 20.2. The maximum atomic E-state index is 12.1. The largest absolute Gasteiger partial charge is 0.492 e. The lowest BCUT2D eigenvalue weighted by atomic mass is 10.2. The first-order valence-electron chi connectivity index (χ1n) is 9.37. The number of nitrogens with zero attached hydrogens (tertiary/aromatic N) is 1. The predicted octanol–water partition coefficient (Wildman–Crippen LogP) is 4.89. The second-order valence-electron chi connectivity index (χ2n) is 6.97. The fourth-order valence-corrected chi connectivity index (χ4v) is 4.92.